The molecule has 1 saturated carbocycles. The highest BCUT2D eigenvalue weighted by atomic mass is 16.5. The number of rotatable bonds is 7. The summed E-state index contributed by atoms with van der Waals surface area (Å²) in [4.78, 5) is 0. The highest BCUT2D eigenvalue weighted by Gasteiger charge is 2.22. The molecule has 0 heterocycles. The lowest BCUT2D eigenvalue weighted by Gasteiger charge is -2.31. The number of ether oxygens (including phenoxy) is 2. The third-order valence-corrected chi connectivity index (χ3v) is 3.34. The van der Waals surface area contributed by atoms with E-state index in [0.29, 0.717) is 12.6 Å². The highest BCUT2D eigenvalue weighted by Crippen LogP contribution is 2.26. The summed E-state index contributed by atoms with van der Waals surface area (Å²) in [7, 11) is 3.79. The molecule has 1 aliphatic rings. The maximum Gasteiger partial charge on any atom is 0.0700 e. The van der Waals surface area contributed by atoms with Gasteiger partial charge >= 0.3 is 0 Å². The van der Waals surface area contributed by atoms with Gasteiger partial charge in [-0.2, -0.15) is 0 Å². The Labute approximate surface area is 93.5 Å². The van der Waals surface area contributed by atoms with Crippen LogP contribution in [0, 0.1) is 5.92 Å². The smallest absolute Gasteiger partial charge is 0.0700 e. The lowest BCUT2D eigenvalue weighted by molar-refractivity contribution is 0.0582. The first-order chi connectivity index (χ1) is 7.38. The van der Waals surface area contributed by atoms with Crippen LogP contribution in [0.25, 0.3) is 0 Å². The molecule has 0 aliphatic heterocycles. The fourth-order valence-electron chi connectivity index (χ4n) is 2.41. The van der Waals surface area contributed by atoms with Crippen LogP contribution in [0.4, 0.5) is 0 Å². The summed E-state index contributed by atoms with van der Waals surface area (Å²) in [5.74, 6) is 0.811. The van der Waals surface area contributed by atoms with Gasteiger partial charge in [0, 0.05) is 19.8 Å². The average Bonchev–Trinajstić information content (AvgIpc) is 2.29. The Bertz CT molecular complexity index is 153. The van der Waals surface area contributed by atoms with Gasteiger partial charge in [0.25, 0.3) is 0 Å². The normalized spacial score (nSPS) is 26.8. The fraction of sp³-hybridized carbons (Fsp3) is 1.00. The SMILES string of the molecule is CNC1CCCCC1CCOCCOC. The Kier molecular flexibility index (Phi) is 6.98. The van der Waals surface area contributed by atoms with Gasteiger partial charge < -0.3 is 14.8 Å². The van der Waals surface area contributed by atoms with Gasteiger partial charge in [-0.25, -0.2) is 0 Å². The van der Waals surface area contributed by atoms with Gasteiger partial charge in [-0.05, 0) is 32.2 Å². The third-order valence-electron chi connectivity index (χ3n) is 3.34. The van der Waals surface area contributed by atoms with Crippen molar-refractivity contribution in [2.24, 2.45) is 5.92 Å². The molecule has 1 rings (SSSR count). The summed E-state index contributed by atoms with van der Waals surface area (Å²) in [5.41, 5.74) is 0. The molecule has 15 heavy (non-hydrogen) atoms. The van der Waals surface area contributed by atoms with Crippen molar-refractivity contribution < 1.29 is 9.47 Å². The molecule has 0 amide bonds. The quantitative estimate of drug-likeness (QED) is 0.657. The zero-order valence-corrected chi connectivity index (χ0v) is 10.1. The van der Waals surface area contributed by atoms with Crippen LogP contribution in [0.2, 0.25) is 0 Å². The van der Waals surface area contributed by atoms with Crippen LogP contribution in [0.1, 0.15) is 32.1 Å². The maximum absolute atomic E-state index is 5.52. The number of hydrogen-bond donors (Lipinski definition) is 1. The van der Waals surface area contributed by atoms with E-state index in [4.69, 9.17) is 9.47 Å². The Balaban J connectivity index is 2.07. The van der Waals surface area contributed by atoms with E-state index in [2.05, 4.69) is 12.4 Å². The second kappa shape index (κ2) is 8.08. The zero-order valence-electron chi connectivity index (χ0n) is 10.1. The molecule has 2 atom stereocenters. The van der Waals surface area contributed by atoms with Crippen LogP contribution in [-0.4, -0.2) is 40.0 Å². The Morgan fingerprint density at radius 2 is 1.93 bits per heavy atom. The monoisotopic (exact) mass is 215 g/mol. The molecule has 0 saturated heterocycles. The second-order valence-corrected chi connectivity index (χ2v) is 4.33. The fourth-order valence-corrected chi connectivity index (χ4v) is 2.41. The molecule has 3 heteroatoms. The molecule has 1 aliphatic carbocycles. The predicted molar refractivity (Wildman–Crippen MR) is 62.1 cm³/mol. The molecular weight excluding hydrogens is 190 g/mol. The van der Waals surface area contributed by atoms with Gasteiger partial charge in [0.05, 0.1) is 13.2 Å². The number of nitrogens with one attached hydrogen (secondary N) is 1. The van der Waals surface area contributed by atoms with Gasteiger partial charge in [0.15, 0.2) is 0 Å². The molecule has 2 unspecified atom stereocenters. The van der Waals surface area contributed by atoms with Crippen molar-refractivity contribution in [2.75, 3.05) is 34.0 Å². The van der Waals surface area contributed by atoms with Crippen molar-refractivity contribution in [3.05, 3.63) is 0 Å². The molecule has 1 fully saturated rings. The molecule has 3 nitrogen and oxygen atoms in total. The summed E-state index contributed by atoms with van der Waals surface area (Å²) in [6.07, 6.45) is 6.65. The molecule has 0 radical (unpaired) electrons. The summed E-state index contributed by atoms with van der Waals surface area (Å²) < 4.78 is 10.5. The molecular formula is C12H25NO2. The topological polar surface area (TPSA) is 30.5 Å². The van der Waals surface area contributed by atoms with Gasteiger partial charge in [-0.1, -0.05) is 12.8 Å². The molecule has 0 spiro atoms. The second-order valence-electron chi connectivity index (χ2n) is 4.33. The minimum absolute atomic E-state index is 0.708. The van der Waals surface area contributed by atoms with Crippen LogP contribution >= 0.6 is 0 Å². The van der Waals surface area contributed by atoms with Crippen molar-refractivity contribution in [1.29, 1.82) is 0 Å². The first-order valence-electron chi connectivity index (χ1n) is 6.12. The van der Waals surface area contributed by atoms with Crippen molar-refractivity contribution >= 4 is 0 Å². The van der Waals surface area contributed by atoms with E-state index in [0.717, 1.165) is 19.1 Å². The lowest BCUT2D eigenvalue weighted by Crippen LogP contribution is -2.36. The highest BCUT2D eigenvalue weighted by molar-refractivity contribution is 4.79. The summed E-state index contributed by atoms with van der Waals surface area (Å²) in [5, 5.41) is 3.43. The van der Waals surface area contributed by atoms with E-state index >= 15 is 0 Å². The van der Waals surface area contributed by atoms with E-state index in [9.17, 15) is 0 Å². The van der Waals surface area contributed by atoms with Crippen molar-refractivity contribution in [3.63, 3.8) is 0 Å². The summed E-state index contributed by atoms with van der Waals surface area (Å²) in [6.45, 7) is 2.32. The van der Waals surface area contributed by atoms with Gasteiger partial charge in [0.2, 0.25) is 0 Å². The standard InChI is InChI=1S/C12H25NO2/c1-13-12-6-4-3-5-11(12)7-8-15-10-9-14-2/h11-13H,3-10H2,1-2H3. The van der Waals surface area contributed by atoms with Gasteiger partial charge in [-0.15, -0.1) is 0 Å². The Hall–Kier alpha value is -0.120. The molecule has 1 N–H and O–H groups in total. The van der Waals surface area contributed by atoms with Crippen LogP contribution in [0.5, 0.6) is 0 Å². The third kappa shape index (κ3) is 4.96. The van der Waals surface area contributed by atoms with E-state index in [1.54, 1.807) is 7.11 Å². The van der Waals surface area contributed by atoms with E-state index in [1.807, 2.05) is 0 Å². The minimum atomic E-state index is 0.708. The lowest BCUT2D eigenvalue weighted by atomic mass is 9.83. The van der Waals surface area contributed by atoms with Gasteiger partial charge in [0.1, 0.15) is 0 Å². The first-order valence-corrected chi connectivity index (χ1v) is 6.12. The number of methoxy groups -OCH3 is 1. The van der Waals surface area contributed by atoms with Crippen LogP contribution in [0.15, 0.2) is 0 Å². The van der Waals surface area contributed by atoms with Crippen LogP contribution in [-0.2, 0) is 9.47 Å². The zero-order chi connectivity index (χ0) is 10.9. The summed E-state index contributed by atoms with van der Waals surface area (Å²) in [6, 6.07) is 0.713. The van der Waals surface area contributed by atoms with E-state index in [-0.39, 0.29) is 0 Å². The summed E-state index contributed by atoms with van der Waals surface area (Å²) >= 11 is 0. The first kappa shape index (κ1) is 12.9. The maximum atomic E-state index is 5.52. The predicted octanol–water partition coefficient (Wildman–Crippen LogP) is 1.82. The van der Waals surface area contributed by atoms with E-state index < -0.39 is 0 Å². The Morgan fingerprint density at radius 1 is 1.13 bits per heavy atom. The van der Waals surface area contributed by atoms with Gasteiger partial charge in [-0.3, -0.25) is 0 Å². The molecule has 90 valence electrons. The van der Waals surface area contributed by atoms with Crippen molar-refractivity contribution in [1.82, 2.24) is 5.32 Å². The van der Waals surface area contributed by atoms with Crippen molar-refractivity contribution in [3.8, 4) is 0 Å². The Morgan fingerprint density at radius 3 is 2.67 bits per heavy atom. The van der Waals surface area contributed by atoms with Crippen molar-refractivity contribution in [2.45, 2.75) is 38.1 Å². The minimum Gasteiger partial charge on any atom is -0.382 e. The molecule has 0 bridgehead atoms. The average molecular weight is 215 g/mol. The molecule has 0 aromatic heterocycles. The van der Waals surface area contributed by atoms with Crippen LogP contribution in [0.3, 0.4) is 0 Å². The van der Waals surface area contributed by atoms with Crippen LogP contribution < -0.4 is 5.32 Å². The largest absolute Gasteiger partial charge is 0.382 e. The molecule has 0 aromatic carbocycles. The number of hydrogen-bond acceptors (Lipinski definition) is 3. The van der Waals surface area contributed by atoms with E-state index in [1.165, 1.54) is 32.1 Å². The molecule has 0 aromatic rings.